The fraction of sp³-hybridized carbons (Fsp3) is 0.155. The van der Waals surface area contributed by atoms with Gasteiger partial charge in [0.2, 0.25) is 0 Å². The molecule has 10 aromatic rings. The maximum absolute atomic E-state index is 2.57. The largest absolute Gasteiger partial charge is 0.438 e. The Morgan fingerprint density at radius 1 is 0.260 bits per heavy atom. The Balaban J connectivity index is 0.750. The van der Waals surface area contributed by atoms with Crippen molar-refractivity contribution in [3.8, 4) is 66.8 Å². The number of para-hydroxylation sites is 2. The van der Waals surface area contributed by atoms with Crippen LogP contribution in [0, 0.1) is 13.8 Å². The molecule has 0 spiro atoms. The summed E-state index contributed by atoms with van der Waals surface area (Å²) in [5.74, 6) is 7.10. The molecule has 0 unspecified atom stereocenters. The van der Waals surface area contributed by atoms with Crippen LogP contribution in [0.15, 0.2) is 218 Å². The lowest BCUT2D eigenvalue weighted by Crippen LogP contribution is -2.19. The number of hydrogen-bond acceptors (Lipinski definition) is 3. The summed E-state index contributed by atoms with van der Waals surface area (Å²) < 4.78 is 7.58. The smallest absolute Gasteiger partial charge is 0.391 e. The van der Waals surface area contributed by atoms with Crippen LogP contribution in [0.1, 0.15) is 61.1 Å². The molecule has 0 aromatic heterocycles. The van der Waals surface area contributed by atoms with Gasteiger partial charge in [-0.1, -0.05) is 166 Å². The zero-order valence-electron chi connectivity index (χ0n) is 46.2. The third-order valence-electron chi connectivity index (χ3n) is 17.1. The number of benzene rings is 10. The average Bonchev–Trinajstić information content (AvgIpc) is 3.91. The molecule has 6 heteroatoms. The lowest BCUT2D eigenvalue weighted by Gasteiger charge is -2.26. The van der Waals surface area contributed by atoms with Gasteiger partial charge in [-0.15, -0.1) is 0 Å². The molecule has 0 fully saturated rings. The highest BCUT2D eigenvalue weighted by Crippen LogP contribution is 2.53. The lowest BCUT2D eigenvalue weighted by molar-refractivity contribution is 0.660. The highest BCUT2D eigenvalue weighted by Gasteiger charge is 2.37. The molecule has 0 radical (unpaired) electrons. The molecule has 2 aliphatic rings. The van der Waals surface area contributed by atoms with E-state index in [0.717, 1.165) is 0 Å². The van der Waals surface area contributed by atoms with Gasteiger partial charge in [-0.25, -0.2) is 0 Å². The van der Waals surface area contributed by atoms with Gasteiger partial charge in [-0.3, -0.25) is 0 Å². The van der Waals surface area contributed by atoms with Gasteiger partial charge < -0.3 is 11.7 Å². The predicted molar refractivity (Wildman–Crippen MR) is 338 cm³/mol. The molecule has 3 nitrogen and oxygen atoms in total. The van der Waals surface area contributed by atoms with E-state index >= 15 is 0 Å². The second kappa shape index (κ2) is 20.5. The van der Waals surface area contributed by atoms with Gasteiger partial charge in [0.15, 0.2) is 0 Å². The molecular formula is C71H66Al3N3. The van der Waals surface area contributed by atoms with Crippen LogP contribution in [-0.4, -0.2) is 46.3 Å². The molecule has 2 aliphatic carbocycles. The fourth-order valence-corrected chi connectivity index (χ4v) is 16.3. The van der Waals surface area contributed by atoms with Gasteiger partial charge in [-0.05, 0) is 211 Å². The van der Waals surface area contributed by atoms with Crippen molar-refractivity contribution in [1.29, 1.82) is 0 Å². The standard InChI is InChI=1S/C68H54N3.3CH3.3Al.3H/c1-43-37-55(70-52-15-11-8-12-16-52)29-35-57(43)49-23-33-61-62-34-24-50(42-66(62)68(5,6)65(61)41-49)58-36-30-56(38-44(58)2)71-54-27-19-46(20-28-54)48-22-32-60-59-31-21-47(39-63(59)67(3,4)64(60)40-48)45-17-25-53(26-18-45)69-51-13-9-7-10-14-51;;;;;;;;;/h7-42H,1-6H3;3*1H3;;;;;;/q-3;;;;3*+1;;;. The Labute approximate surface area is 476 Å². The molecule has 0 heterocycles. The van der Waals surface area contributed by atoms with Gasteiger partial charge in [0.05, 0.1) is 0 Å². The molecule has 77 heavy (non-hydrogen) atoms. The fourth-order valence-electron chi connectivity index (χ4n) is 12.9. The SMILES string of the molecule is [CH3][AlH][N](c1ccccc1)c1ccc(-c2ccc3c(c2)C(C)(C)c2cc(-c4ccc([N]([AlH][CH3])c5ccc(-c6ccc7c(c6)C(C)(C)c6cc(-c8ccc([N]([AlH][CH3])c9ccccc9)cc8C)ccc6-7)c(C)c5)cc4)ccc2-3)cc1. The number of anilines is 6. The number of nitrogens with zero attached hydrogens (tertiary/aromatic N) is 3. The molecule has 374 valence electrons. The molecule has 0 bridgehead atoms. The minimum atomic E-state index is -0.592. The van der Waals surface area contributed by atoms with E-state index in [1.54, 1.807) is 0 Å². The van der Waals surface area contributed by atoms with Crippen molar-refractivity contribution in [2.24, 2.45) is 0 Å². The van der Waals surface area contributed by atoms with Crippen LogP contribution in [0.25, 0.3) is 66.8 Å². The summed E-state index contributed by atoms with van der Waals surface area (Å²) in [5, 5.41) is 0. The molecule has 0 atom stereocenters. The first-order valence-corrected chi connectivity index (χ1v) is 33.9. The summed E-state index contributed by atoms with van der Waals surface area (Å²) in [6, 6.07) is 82.8. The molecule has 0 N–H and O–H groups in total. The first-order chi connectivity index (χ1) is 37.4. The van der Waals surface area contributed by atoms with Crippen molar-refractivity contribution in [1.82, 2.24) is 0 Å². The molecule has 0 amide bonds. The first kappa shape index (κ1) is 51.0. The third-order valence-corrected chi connectivity index (χ3v) is 21.2. The van der Waals surface area contributed by atoms with E-state index in [1.807, 2.05) is 0 Å². The Hall–Kier alpha value is -6.80. The summed E-state index contributed by atoms with van der Waals surface area (Å²) >= 11 is -1.48. The minimum Gasteiger partial charge on any atom is -0.438 e. The van der Waals surface area contributed by atoms with Gasteiger partial charge >= 0.3 is 46.3 Å². The Kier molecular flexibility index (Phi) is 13.6. The molecule has 12 rings (SSSR count). The van der Waals surface area contributed by atoms with E-state index in [-0.39, 0.29) is 10.8 Å². The first-order valence-electron chi connectivity index (χ1n) is 27.8. The average molecular weight is 1040 g/mol. The quantitative estimate of drug-likeness (QED) is 0.107. The van der Waals surface area contributed by atoms with E-state index in [1.165, 1.54) is 134 Å². The number of hydrogen-bond donors (Lipinski definition) is 0. The summed E-state index contributed by atoms with van der Waals surface area (Å²) in [7, 11) is 0. The Morgan fingerprint density at radius 3 is 0.844 bits per heavy atom. The maximum Gasteiger partial charge on any atom is 0.391 e. The minimum absolute atomic E-state index is 0.122. The summed E-state index contributed by atoms with van der Waals surface area (Å²) in [4.78, 5) is 0. The van der Waals surface area contributed by atoms with Crippen LogP contribution in [0.5, 0.6) is 0 Å². The summed E-state index contributed by atoms with van der Waals surface area (Å²) in [6.07, 6.45) is 0. The van der Waals surface area contributed by atoms with Gasteiger partial charge in [0.1, 0.15) is 0 Å². The zero-order valence-corrected chi connectivity index (χ0v) is 50.5. The van der Waals surface area contributed by atoms with Gasteiger partial charge in [0.25, 0.3) is 0 Å². The third kappa shape index (κ3) is 9.11. The van der Waals surface area contributed by atoms with Crippen molar-refractivity contribution in [2.75, 3.05) is 11.7 Å². The second-order valence-corrected chi connectivity index (χ2v) is 26.1. The van der Waals surface area contributed by atoms with Crippen molar-refractivity contribution in [3.05, 3.63) is 252 Å². The van der Waals surface area contributed by atoms with Crippen LogP contribution in [0.3, 0.4) is 0 Å². The Bertz CT molecular complexity index is 3850. The maximum atomic E-state index is 2.57. The summed E-state index contributed by atoms with van der Waals surface area (Å²) in [6.45, 7) is 14.2. The van der Waals surface area contributed by atoms with Gasteiger partial charge in [0, 0.05) is 45.0 Å². The predicted octanol–water partition coefficient (Wildman–Crippen LogP) is 18.2. The molecule has 10 aromatic carbocycles. The van der Waals surface area contributed by atoms with Crippen LogP contribution in [0.2, 0.25) is 17.4 Å². The monoisotopic (exact) mass is 1040 g/mol. The van der Waals surface area contributed by atoms with Crippen LogP contribution >= 0.6 is 0 Å². The van der Waals surface area contributed by atoms with Crippen molar-refractivity contribution < 1.29 is 0 Å². The topological polar surface area (TPSA) is 9.72 Å². The lowest BCUT2D eigenvalue weighted by atomic mass is 9.80. The number of rotatable bonds is 13. The van der Waals surface area contributed by atoms with Crippen molar-refractivity contribution in [3.63, 3.8) is 0 Å². The normalized spacial score (nSPS) is 13.2. The van der Waals surface area contributed by atoms with Crippen LogP contribution in [-0.2, 0) is 10.8 Å². The van der Waals surface area contributed by atoms with E-state index in [4.69, 9.17) is 0 Å². The van der Waals surface area contributed by atoms with E-state index in [2.05, 4.69) is 289 Å². The molecule has 0 aliphatic heterocycles. The van der Waals surface area contributed by atoms with Crippen molar-refractivity contribution in [2.45, 2.75) is 69.7 Å². The van der Waals surface area contributed by atoms with Crippen LogP contribution < -0.4 is 11.7 Å². The molecule has 0 saturated carbocycles. The van der Waals surface area contributed by atoms with Gasteiger partial charge in [-0.2, -0.15) is 0 Å². The number of aryl methyl sites for hydroxylation is 2. The molecule has 0 saturated heterocycles. The Morgan fingerprint density at radius 2 is 0.519 bits per heavy atom. The highest BCUT2D eigenvalue weighted by molar-refractivity contribution is 6.43. The van der Waals surface area contributed by atoms with Crippen LogP contribution in [0.4, 0.5) is 34.1 Å². The zero-order chi connectivity index (χ0) is 53.2. The summed E-state index contributed by atoms with van der Waals surface area (Å²) in [5.41, 5.74) is 31.2. The van der Waals surface area contributed by atoms with Crippen molar-refractivity contribution >= 4 is 80.4 Å². The van der Waals surface area contributed by atoms with E-state index in [9.17, 15) is 0 Å². The number of fused-ring (bicyclic) bond motifs is 6. The van der Waals surface area contributed by atoms with E-state index < -0.39 is 46.3 Å². The second-order valence-electron chi connectivity index (χ2n) is 22.3. The highest BCUT2D eigenvalue weighted by atomic mass is 27.1. The van der Waals surface area contributed by atoms with E-state index in [0.29, 0.717) is 0 Å². The molecular weight excluding hydrogens is 976 g/mol.